The van der Waals surface area contributed by atoms with E-state index in [1.54, 1.807) is 4.52 Å². The number of nitrogens with one attached hydrogen (secondary N) is 1. The fraction of sp³-hybridized carbons (Fsp3) is 0.0833. The highest BCUT2D eigenvalue weighted by atomic mass is 35.5. The Hall–Kier alpha value is -1.63. The van der Waals surface area contributed by atoms with Crippen molar-refractivity contribution in [2.24, 2.45) is 0 Å². The molecular weight excluding hydrogens is 319 g/mol. The molecule has 0 atom stereocenters. The smallest absolute Gasteiger partial charge is 0.250 e. The molecule has 0 aliphatic rings. The van der Waals surface area contributed by atoms with Crippen molar-refractivity contribution >= 4 is 51.4 Å². The summed E-state index contributed by atoms with van der Waals surface area (Å²) in [6, 6.07) is 7.44. The number of alkyl halides is 1. The molecule has 2 aromatic heterocycles. The summed E-state index contributed by atoms with van der Waals surface area (Å²) in [5, 5.41) is 9.40. The lowest BCUT2D eigenvalue weighted by atomic mass is 10.2. The second-order valence-corrected chi connectivity index (χ2v) is 5.48. The molecule has 3 rings (SSSR count). The molecule has 0 unspecified atom stereocenters. The van der Waals surface area contributed by atoms with E-state index >= 15 is 0 Å². The maximum absolute atomic E-state index is 11.2. The van der Waals surface area contributed by atoms with Gasteiger partial charge in [-0.2, -0.15) is 4.98 Å². The van der Waals surface area contributed by atoms with Crippen LogP contribution in [0.3, 0.4) is 0 Å². The lowest BCUT2D eigenvalue weighted by molar-refractivity contribution is -0.114. The summed E-state index contributed by atoms with van der Waals surface area (Å²) in [5.74, 6) is -0.215. The summed E-state index contributed by atoms with van der Waals surface area (Å²) in [5.41, 5.74) is 1.86. The standard InChI is InChI=1S/C12H8Cl2N4OS/c13-5-10(19)15-11-16-12-18(17-11)9(6-20-12)7-1-3-8(14)4-2-7/h1-4,6H,5H2,(H,15,17,19). The summed E-state index contributed by atoms with van der Waals surface area (Å²) >= 11 is 12.7. The van der Waals surface area contributed by atoms with Crippen LogP contribution in [0.1, 0.15) is 0 Å². The molecule has 8 heteroatoms. The summed E-state index contributed by atoms with van der Waals surface area (Å²) in [6.45, 7) is 0. The van der Waals surface area contributed by atoms with E-state index in [9.17, 15) is 4.79 Å². The van der Waals surface area contributed by atoms with Crippen LogP contribution >= 0.6 is 34.5 Å². The van der Waals surface area contributed by atoms with E-state index in [4.69, 9.17) is 23.2 Å². The normalized spacial score (nSPS) is 10.9. The van der Waals surface area contributed by atoms with Gasteiger partial charge >= 0.3 is 0 Å². The van der Waals surface area contributed by atoms with E-state index in [0.29, 0.717) is 9.98 Å². The number of fused-ring (bicyclic) bond motifs is 1. The molecule has 0 bridgehead atoms. The van der Waals surface area contributed by atoms with Gasteiger partial charge in [-0.1, -0.05) is 23.7 Å². The molecule has 0 saturated carbocycles. The molecule has 1 amide bonds. The van der Waals surface area contributed by atoms with Gasteiger partial charge in [0, 0.05) is 16.0 Å². The fourth-order valence-corrected chi connectivity index (χ4v) is 2.74. The molecule has 5 nitrogen and oxygen atoms in total. The van der Waals surface area contributed by atoms with Crippen molar-refractivity contribution in [1.29, 1.82) is 0 Å². The first kappa shape index (κ1) is 13.4. The van der Waals surface area contributed by atoms with E-state index in [0.717, 1.165) is 11.3 Å². The molecular formula is C12H8Cl2N4OS. The third-order valence-electron chi connectivity index (χ3n) is 2.59. The number of benzene rings is 1. The zero-order valence-electron chi connectivity index (χ0n) is 10.0. The van der Waals surface area contributed by atoms with Crippen molar-refractivity contribution in [3.8, 4) is 11.3 Å². The van der Waals surface area contributed by atoms with Gasteiger partial charge in [0.2, 0.25) is 16.8 Å². The van der Waals surface area contributed by atoms with Crippen LogP contribution < -0.4 is 5.32 Å². The predicted octanol–water partition coefficient (Wildman–Crippen LogP) is 3.29. The molecule has 0 radical (unpaired) electrons. The molecule has 1 N–H and O–H groups in total. The molecule has 0 spiro atoms. The Morgan fingerprint density at radius 2 is 2.10 bits per heavy atom. The Morgan fingerprint density at radius 1 is 1.35 bits per heavy atom. The first-order valence-corrected chi connectivity index (χ1v) is 7.42. The molecule has 1 aromatic carbocycles. The van der Waals surface area contributed by atoms with Crippen molar-refractivity contribution in [1.82, 2.24) is 14.6 Å². The van der Waals surface area contributed by atoms with Crippen molar-refractivity contribution in [3.63, 3.8) is 0 Å². The van der Waals surface area contributed by atoms with Gasteiger partial charge in [0.15, 0.2) is 0 Å². The summed E-state index contributed by atoms with van der Waals surface area (Å²) in [6.07, 6.45) is 0. The van der Waals surface area contributed by atoms with E-state index in [-0.39, 0.29) is 17.7 Å². The minimum Gasteiger partial charge on any atom is -0.292 e. The lowest BCUT2D eigenvalue weighted by Crippen LogP contribution is -2.13. The molecule has 3 aromatic rings. The Balaban J connectivity index is 2.00. The third kappa shape index (κ3) is 2.49. The first-order chi connectivity index (χ1) is 9.67. The van der Waals surface area contributed by atoms with Gasteiger partial charge in [-0.3, -0.25) is 10.1 Å². The number of hydrogen-bond donors (Lipinski definition) is 1. The number of halogens is 2. The van der Waals surface area contributed by atoms with Crippen LogP contribution in [0.5, 0.6) is 0 Å². The van der Waals surface area contributed by atoms with Crippen molar-refractivity contribution < 1.29 is 4.79 Å². The van der Waals surface area contributed by atoms with Gasteiger partial charge in [0.1, 0.15) is 5.88 Å². The van der Waals surface area contributed by atoms with Gasteiger partial charge < -0.3 is 0 Å². The molecule has 0 fully saturated rings. The van der Waals surface area contributed by atoms with E-state index in [2.05, 4.69) is 15.4 Å². The summed E-state index contributed by atoms with van der Waals surface area (Å²) in [4.78, 5) is 16.1. The van der Waals surface area contributed by atoms with Crippen molar-refractivity contribution in [2.45, 2.75) is 0 Å². The molecule has 0 saturated heterocycles. The van der Waals surface area contributed by atoms with Crippen LogP contribution in [0, 0.1) is 0 Å². The number of aromatic nitrogens is 3. The molecule has 0 aliphatic heterocycles. The molecule has 0 aliphatic carbocycles. The Bertz CT molecular complexity index is 765. The number of amides is 1. The van der Waals surface area contributed by atoms with Crippen molar-refractivity contribution in [2.75, 3.05) is 11.2 Å². The fourth-order valence-electron chi connectivity index (χ4n) is 1.71. The highest BCUT2D eigenvalue weighted by Crippen LogP contribution is 2.26. The van der Waals surface area contributed by atoms with Crippen LogP contribution in [0.4, 0.5) is 5.95 Å². The largest absolute Gasteiger partial charge is 0.292 e. The van der Waals surface area contributed by atoms with Crippen LogP contribution in [0.2, 0.25) is 5.02 Å². The number of carbonyl (C=O) groups excluding carboxylic acids is 1. The molecule has 2 heterocycles. The second kappa shape index (κ2) is 5.40. The van der Waals surface area contributed by atoms with Crippen molar-refractivity contribution in [3.05, 3.63) is 34.7 Å². The van der Waals surface area contributed by atoms with Gasteiger partial charge in [-0.15, -0.1) is 28.0 Å². The molecule has 102 valence electrons. The Labute approximate surface area is 128 Å². The number of thiazole rings is 1. The monoisotopic (exact) mass is 326 g/mol. The minimum absolute atomic E-state index is 0.128. The summed E-state index contributed by atoms with van der Waals surface area (Å²) < 4.78 is 1.68. The maximum Gasteiger partial charge on any atom is 0.250 e. The average Bonchev–Trinajstić information content (AvgIpc) is 2.99. The van der Waals surface area contributed by atoms with Gasteiger partial charge in [0.25, 0.3) is 0 Å². The summed E-state index contributed by atoms with van der Waals surface area (Å²) in [7, 11) is 0. The maximum atomic E-state index is 11.2. The van der Waals surface area contributed by atoms with Crippen LogP contribution in [0.15, 0.2) is 29.6 Å². The number of carbonyl (C=O) groups is 1. The lowest BCUT2D eigenvalue weighted by Gasteiger charge is -1.99. The zero-order valence-corrected chi connectivity index (χ0v) is 12.3. The quantitative estimate of drug-likeness (QED) is 0.751. The highest BCUT2D eigenvalue weighted by Gasteiger charge is 2.12. The van der Waals surface area contributed by atoms with E-state index in [1.165, 1.54) is 11.3 Å². The van der Waals surface area contributed by atoms with Gasteiger partial charge in [0.05, 0.1) is 5.69 Å². The Kier molecular flexibility index (Phi) is 3.60. The second-order valence-electron chi connectivity index (χ2n) is 3.94. The van der Waals surface area contributed by atoms with E-state index < -0.39 is 0 Å². The number of nitrogens with zero attached hydrogens (tertiary/aromatic N) is 3. The molecule has 20 heavy (non-hydrogen) atoms. The van der Waals surface area contributed by atoms with Gasteiger partial charge in [-0.05, 0) is 12.1 Å². The average molecular weight is 327 g/mol. The number of hydrogen-bond acceptors (Lipinski definition) is 4. The van der Waals surface area contributed by atoms with Gasteiger partial charge in [-0.25, -0.2) is 4.52 Å². The minimum atomic E-state index is -0.335. The predicted molar refractivity (Wildman–Crippen MR) is 80.7 cm³/mol. The number of anilines is 1. The number of rotatable bonds is 3. The zero-order chi connectivity index (χ0) is 14.1. The Morgan fingerprint density at radius 3 is 2.80 bits per heavy atom. The van der Waals surface area contributed by atoms with Crippen LogP contribution in [0.25, 0.3) is 16.2 Å². The SMILES string of the molecule is O=C(CCl)Nc1nc2scc(-c3ccc(Cl)cc3)n2n1. The van der Waals surface area contributed by atoms with Crippen LogP contribution in [-0.2, 0) is 4.79 Å². The van der Waals surface area contributed by atoms with E-state index in [1.807, 2.05) is 29.6 Å². The highest BCUT2D eigenvalue weighted by molar-refractivity contribution is 7.15. The topological polar surface area (TPSA) is 59.3 Å². The van der Waals surface area contributed by atoms with Crippen LogP contribution in [-0.4, -0.2) is 26.4 Å². The third-order valence-corrected chi connectivity index (χ3v) is 3.91. The first-order valence-electron chi connectivity index (χ1n) is 5.63.